The Kier molecular flexibility index (Phi) is 4.48. The maximum Gasteiger partial charge on any atom is 0.422 e. The number of halogens is 5. The van der Waals surface area contributed by atoms with Gasteiger partial charge in [0.25, 0.3) is 0 Å². The highest BCUT2D eigenvalue weighted by molar-refractivity contribution is 14.1. The zero-order valence-corrected chi connectivity index (χ0v) is 10.9. The molecule has 0 bridgehead atoms. The van der Waals surface area contributed by atoms with Gasteiger partial charge in [0.15, 0.2) is 6.61 Å². The summed E-state index contributed by atoms with van der Waals surface area (Å²) in [6.45, 7) is -1.55. The number of benzene rings is 1. The summed E-state index contributed by atoms with van der Waals surface area (Å²) in [5, 5.41) is 8.93. The van der Waals surface area contributed by atoms with Gasteiger partial charge < -0.3 is 9.84 Å². The lowest BCUT2D eigenvalue weighted by Gasteiger charge is -2.12. The molecule has 0 aliphatic carbocycles. The topological polar surface area (TPSA) is 46.5 Å². The number of rotatable bonds is 3. The monoisotopic (exact) mass is 380 g/mol. The molecule has 17 heavy (non-hydrogen) atoms. The minimum absolute atomic E-state index is 0.141. The van der Waals surface area contributed by atoms with Gasteiger partial charge in [-0.3, -0.25) is 0 Å². The van der Waals surface area contributed by atoms with Crippen LogP contribution in [0.1, 0.15) is 10.4 Å². The maximum absolute atomic E-state index is 12.0. The van der Waals surface area contributed by atoms with Gasteiger partial charge in [-0.15, -0.1) is 0 Å². The van der Waals surface area contributed by atoms with Crippen molar-refractivity contribution < 1.29 is 27.8 Å². The molecule has 94 valence electrons. The fourth-order valence-electron chi connectivity index (χ4n) is 0.975. The van der Waals surface area contributed by atoms with Gasteiger partial charge in [-0.25, -0.2) is 4.79 Å². The molecule has 0 atom stereocenters. The number of hydrogen-bond acceptors (Lipinski definition) is 2. The summed E-state index contributed by atoms with van der Waals surface area (Å²) in [5.74, 6) is -1.76. The number of hydrogen-bond donors (Lipinski definition) is 1. The van der Waals surface area contributed by atoms with Gasteiger partial charge in [0, 0.05) is 3.57 Å². The Morgan fingerprint density at radius 2 is 2.06 bits per heavy atom. The van der Waals surface area contributed by atoms with E-state index >= 15 is 0 Å². The fourth-order valence-corrected chi connectivity index (χ4v) is 1.58. The minimum atomic E-state index is -4.53. The highest BCUT2D eigenvalue weighted by atomic mass is 127. The Bertz CT molecular complexity index is 448. The summed E-state index contributed by atoms with van der Waals surface area (Å²) in [7, 11) is 0. The molecule has 1 aromatic carbocycles. The first kappa shape index (κ1) is 14.4. The van der Waals surface area contributed by atoms with E-state index in [1.54, 1.807) is 22.6 Å². The number of aromatic carboxylic acids is 1. The van der Waals surface area contributed by atoms with Crippen molar-refractivity contribution >= 4 is 40.2 Å². The van der Waals surface area contributed by atoms with Crippen molar-refractivity contribution in [3.05, 3.63) is 26.3 Å². The molecule has 0 amide bonds. The van der Waals surface area contributed by atoms with Crippen LogP contribution in [-0.2, 0) is 0 Å². The molecule has 0 unspecified atom stereocenters. The van der Waals surface area contributed by atoms with Gasteiger partial charge in [0.05, 0.1) is 5.02 Å². The van der Waals surface area contributed by atoms with E-state index in [2.05, 4.69) is 4.74 Å². The van der Waals surface area contributed by atoms with Crippen molar-refractivity contribution in [2.75, 3.05) is 6.61 Å². The first-order valence-electron chi connectivity index (χ1n) is 4.12. The molecular formula is C9H5ClF3IO3. The van der Waals surface area contributed by atoms with E-state index in [4.69, 9.17) is 16.7 Å². The molecule has 0 heterocycles. The minimum Gasteiger partial charge on any atom is -0.483 e. The predicted octanol–water partition coefficient (Wildman–Crippen LogP) is 3.58. The van der Waals surface area contributed by atoms with Crippen LogP contribution in [0.4, 0.5) is 13.2 Å². The van der Waals surface area contributed by atoms with Crippen molar-refractivity contribution in [3.8, 4) is 5.75 Å². The Labute approximate surface area is 113 Å². The number of ether oxygens (including phenoxy) is 1. The van der Waals surface area contributed by atoms with Crippen molar-refractivity contribution in [1.82, 2.24) is 0 Å². The molecule has 1 aromatic rings. The molecule has 0 spiro atoms. The third-order valence-electron chi connectivity index (χ3n) is 1.64. The summed E-state index contributed by atoms with van der Waals surface area (Å²) >= 11 is 7.44. The maximum atomic E-state index is 12.0. The van der Waals surface area contributed by atoms with Gasteiger partial charge in [-0.1, -0.05) is 11.6 Å². The number of carbonyl (C=O) groups is 1. The quantitative estimate of drug-likeness (QED) is 0.816. The van der Waals surface area contributed by atoms with E-state index in [-0.39, 0.29) is 10.8 Å². The van der Waals surface area contributed by atoms with Gasteiger partial charge in [0.1, 0.15) is 11.3 Å². The first-order chi connectivity index (χ1) is 7.70. The third-order valence-corrected chi connectivity index (χ3v) is 3.17. The van der Waals surface area contributed by atoms with Crippen molar-refractivity contribution in [2.45, 2.75) is 6.18 Å². The van der Waals surface area contributed by atoms with Crippen LogP contribution in [0, 0.1) is 3.57 Å². The largest absolute Gasteiger partial charge is 0.483 e. The van der Waals surface area contributed by atoms with E-state index in [1.807, 2.05) is 0 Å². The van der Waals surface area contributed by atoms with Crippen LogP contribution in [0.3, 0.4) is 0 Å². The number of carboxylic acids is 1. The molecule has 0 aliphatic heterocycles. The van der Waals surface area contributed by atoms with Crippen LogP contribution in [-0.4, -0.2) is 23.9 Å². The highest BCUT2D eigenvalue weighted by Crippen LogP contribution is 2.29. The van der Waals surface area contributed by atoms with Crippen LogP contribution in [0.2, 0.25) is 5.02 Å². The van der Waals surface area contributed by atoms with Crippen molar-refractivity contribution in [1.29, 1.82) is 0 Å². The zero-order valence-electron chi connectivity index (χ0n) is 8.02. The molecule has 0 saturated heterocycles. The Morgan fingerprint density at radius 3 is 2.53 bits per heavy atom. The molecule has 1 rings (SSSR count). The Morgan fingerprint density at radius 1 is 1.47 bits per heavy atom. The van der Waals surface area contributed by atoms with Gasteiger partial charge in [0.2, 0.25) is 0 Å². The van der Waals surface area contributed by atoms with Crippen LogP contribution >= 0.6 is 34.2 Å². The van der Waals surface area contributed by atoms with E-state index in [9.17, 15) is 18.0 Å². The molecular weight excluding hydrogens is 375 g/mol. The summed E-state index contributed by atoms with van der Waals surface area (Å²) in [6, 6.07) is 2.20. The van der Waals surface area contributed by atoms with Gasteiger partial charge >= 0.3 is 12.1 Å². The zero-order chi connectivity index (χ0) is 13.2. The normalized spacial score (nSPS) is 11.4. The van der Waals surface area contributed by atoms with E-state index in [1.165, 1.54) is 0 Å². The predicted molar refractivity (Wildman–Crippen MR) is 62.7 cm³/mol. The van der Waals surface area contributed by atoms with E-state index in [0.29, 0.717) is 3.57 Å². The molecule has 0 fully saturated rings. The summed E-state index contributed by atoms with van der Waals surface area (Å²) in [5.41, 5.74) is -0.403. The lowest BCUT2D eigenvalue weighted by Crippen LogP contribution is -2.20. The lowest BCUT2D eigenvalue weighted by atomic mass is 10.2. The SMILES string of the molecule is O=C(O)c1cc(Cl)c(I)cc1OCC(F)(F)F. The number of carboxylic acid groups (broad SMARTS) is 1. The highest BCUT2D eigenvalue weighted by Gasteiger charge is 2.29. The van der Waals surface area contributed by atoms with E-state index < -0.39 is 24.3 Å². The third kappa shape index (κ3) is 4.23. The second-order valence-electron chi connectivity index (χ2n) is 2.97. The second-order valence-corrected chi connectivity index (χ2v) is 4.54. The summed E-state index contributed by atoms with van der Waals surface area (Å²) < 4.78 is 40.7. The van der Waals surface area contributed by atoms with Crippen molar-refractivity contribution in [3.63, 3.8) is 0 Å². The smallest absolute Gasteiger partial charge is 0.422 e. The molecule has 0 aliphatic rings. The lowest BCUT2D eigenvalue weighted by molar-refractivity contribution is -0.153. The first-order valence-corrected chi connectivity index (χ1v) is 5.58. The van der Waals surface area contributed by atoms with Gasteiger partial charge in [-0.05, 0) is 34.7 Å². The summed E-state index contributed by atoms with van der Waals surface area (Å²) in [6.07, 6.45) is -4.53. The molecule has 0 aromatic heterocycles. The second kappa shape index (κ2) is 5.30. The molecule has 0 radical (unpaired) electrons. The van der Waals surface area contributed by atoms with Gasteiger partial charge in [-0.2, -0.15) is 13.2 Å². The van der Waals surface area contributed by atoms with Crippen LogP contribution in [0.15, 0.2) is 12.1 Å². The van der Waals surface area contributed by atoms with Crippen LogP contribution in [0.25, 0.3) is 0 Å². The van der Waals surface area contributed by atoms with Crippen molar-refractivity contribution in [2.24, 2.45) is 0 Å². The van der Waals surface area contributed by atoms with Crippen LogP contribution < -0.4 is 4.74 Å². The molecule has 1 N–H and O–H groups in total. The molecule has 8 heteroatoms. The average Bonchev–Trinajstić information content (AvgIpc) is 2.17. The molecule has 0 saturated carbocycles. The Hall–Kier alpha value is -0.700. The number of alkyl halides is 3. The van der Waals surface area contributed by atoms with E-state index in [0.717, 1.165) is 12.1 Å². The molecule has 3 nitrogen and oxygen atoms in total. The standard InChI is InChI=1S/C9H5ClF3IO3/c10-5-1-4(8(15)16)7(2-6(5)14)17-3-9(11,12)13/h1-2H,3H2,(H,15,16). The average molecular weight is 380 g/mol. The fraction of sp³-hybridized carbons (Fsp3) is 0.222. The van der Waals surface area contributed by atoms with Crippen LogP contribution in [0.5, 0.6) is 5.75 Å². The summed E-state index contributed by atoms with van der Waals surface area (Å²) in [4.78, 5) is 10.8. The Balaban J connectivity index is 3.05.